The molecule has 0 aromatic carbocycles. The van der Waals surface area contributed by atoms with E-state index in [1.165, 1.54) is 18.4 Å². The summed E-state index contributed by atoms with van der Waals surface area (Å²) in [6.07, 6.45) is 6.55. The van der Waals surface area contributed by atoms with Gasteiger partial charge in [0.15, 0.2) is 0 Å². The van der Waals surface area contributed by atoms with Crippen LogP contribution in [0.5, 0.6) is 0 Å². The van der Waals surface area contributed by atoms with E-state index in [-0.39, 0.29) is 6.42 Å². The lowest BCUT2D eigenvalue weighted by Crippen LogP contribution is -1.92. The molecule has 0 unspecified atom stereocenters. The van der Waals surface area contributed by atoms with Crippen LogP contribution in [0.4, 0.5) is 0 Å². The highest BCUT2D eigenvalue weighted by Gasteiger charge is 1.96. The van der Waals surface area contributed by atoms with Crippen molar-refractivity contribution >= 4 is 5.97 Å². The number of carbonyl (C=O) groups is 1. The summed E-state index contributed by atoms with van der Waals surface area (Å²) in [5.41, 5.74) is 1.33. The van der Waals surface area contributed by atoms with E-state index < -0.39 is 5.97 Å². The van der Waals surface area contributed by atoms with Crippen LogP contribution in [0.3, 0.4) is 0 Å². The van der Waals surface area contributed by atoms with Gasteiger partial charge in [-0.15, -0.1) is 0 Å². The van der Waals surface area contributed by atoms with Crippen molar-refractivity contribution in [1.29, 1.82) is 0 Å². The van der Waals surface area contributed by atoms with Gasteiger partial charge < -0.3 is 5.11 Å². The summed E-state index contributed by atoms with van der Waals surface area (Å²) in [6.45, 7) is 6.54. The molecule has 0 aliphatic heterocycles. The molecule has 14 heavy (non-hydrogen) atoms. The standard InChI is InChI=1S/C12H22O2/c1-10(2)6-4-7-11(3)8-5-9-12(13)14/h8,10H,4-7,9H2,1-3H3,(H,13,14). The maximum atomic E-state index is 10.3. The van der Waals surface area contributed by atoms with Gasteiger partial charge in [-0.25, -0.2) is 0 Å². The third-order valence-electron chi connectivity index (χ3n) is 2.20. The molecule has 0 saturated carbocycles. The minimum atomic E-state index is -0.712. The topological polar surface area (TPSA) is 37.3 Å². The summed E-state index contributed by atoms with van der Waals surface area (Å²) in [7, 11) is 0. The first-order chi connectivity index (χ1) is 6.52. The van der Waals surface area contributed by atoms with Crippen molar-refractivity contribution in [3.63, 3.8) is 0 Å². The van der Waals surface area contributed by atoms with E-state index in [9.17, 15) is 4.79 Å². The maximum absolute atomic E-state index is 10.3. The van der Waals surface area contributed by atoms with Crippen LogP contribution in [0.25, 0.3) is 0 Å². The molecule has 0 aliphatic carbocycles. The molecular weight excluding hydrogens is 176 g/mol. The van der Waals surface area contributed by atoms with Crippen LogP contribution in [-0.4, -0.2) is 11.1 Å². The molecule has 1 N–H and O–H groups in total. The first-order valence-electron chi connectivity index (χ1n) is 5.39. The number of allylic oxidation sites excluding steroid dienone is 2. The van der Waals surface area contributed by atoms with Gasteiger partial charge in [0.25, 0.3) is 0 Å². The quantitative estimate of drug-likeness (QED) is 0.634. The second kappa shape index (κ2) is 7.60. The lowest BCUT2D eigenvalue weighted by atomic mass is 10.0. The van der Waals surface area contributed by atoms with E-state index in [0.717, 1.165) is 12.3 Å². The summed E-state index contributed by atoms with van der Waals surface area (Å²) in [4.78, 5) is 10.3. The Hall–Kier alpha value is -0.790. The fourth-order valence-electron chi connectivity index (χ4n) is 1.33. The second-order valence-corrected chi connectivity index (χ2v) is 4.27. The minimum absolute atomic E-state index is 0.252. The highest BCUT2D eigenvalue weighted by Crippen LogP contribution is 2.12. The summed E-state index contributed by atoms with van der Waals surface area (Å²) >= 11 is 0. The second-order valence-electron chi connectivity index (χ2n) is 4.27. The highest BCUT2D eigenvalue weighted by molar-refractivity contribution is 5.66. The van der Waals surface area contributed by atoms with E-state index in [4.69, 9.17) is 5.11 Å². The lowest BCUT2D eigenvalue weighted by Gasteiger charge is -2.04. The zero-order valence-corrected chi connectivity index (χ0v) is 9.55. The molecule has 0 atom stereocenters. The number of rotatable bonds is 7. The predicted molar refractivity (Wildman–Crippen MR) is 59.3 cm³/mol. The zero-order valence-electron chi connectivity index (χ0n) is 9.55. The Labute approximate surface area is 87.0 Å². The summed E-state index contributed by atoms with van der Waals surface area (Å²) in [5, 5.41) is 8.45. The average Bonchev–Trinajstić information content (AvgIpc) is 2.02. The molecule has 2 nitrogen and oxygen atoms in total. The number of aliphatic carboxylic acids is 1. The van der Waals surface area contributed by atoms with E-state index in [1.54, 1.807) is 0 Å². The molecule has 0 rings (SSSR count). The van der Waals surface area contributed by atoms with Gasteiger partial charge in [-0.05, 0) is 32.1 Å². The average molecular weight is 198 g/mol. The SMILES string of the molecule is CC(=CCCC(=O)O)CCCC(C)C. The van der Waals surface area contributed by atoms with E-state index in [0.29, 0.717) is 6.42 Å². The minimum Gasteiger partial charge on any atom is -0.481 e. The molecule has 0 spiro atoms. The van der Waals surface area contributed by atoms with Crippen LogP contribution in [0, 0.1) is 5.92 Å². The molecule has 2 heteroatoms. The van der Waals surface area contributed by atoms with E-state index >= 15 is 0 Å². The third kappa shape index (κ3) is 9.30. The summed E-state index contributed by atoms with van der Waals surface area (Å²) in [6, 6.07) is 0. The lowest BCUT2D eigenvalue weighted by molar-refractivity contribution is -0.136. The molecule has 0 heterocycles. The molecule has 0 aliphatic rings. The molecule has 0 amide bonds. The third-order valence-corrected chi connectivity index (χ3v) is 2.20. The molecule has 0 saturated heterocycles. The molecule has 0 bridgehead atoms. The number of carboxylic acids is 1. The molecule has 0 aromatic rings. The van der Waals surface area contributed by atoms with Gasteiger partial charge in [0.05, 0.1) is 0 Å². The fourth-order valence-corrected chi connectivity index (χ4v) is 1.33. The summed E-state index contributed by atoms with van der Waals surface area (Å²) in [5.74, 6) is 0.0537. The normalized spacial score (nSPS) is 12.1. The zero-order chi connectivity index (χ0) is 11.0. The largest absolute Gasteiger partial charge is 0.481 e. The first-order valence-corrected chi connectivity index (χ1v) is 5.39. The van der Waals surface area contributed by atoms with Crippen molar-refractivity contribution in [1.82, 2.24) is 0 Å². The Morgan fingerprint density at radius 3 is 2.50 bits per heavy atom. The van der Waals surface area contributed by atoms with Crippen LogP contribution in [0.15, 0.2) is 11.6 Å². The van der Waals surface area contributed by atoms with Crippen molar-refractivity contribution < 1.29 is 9.90 Å². The number of hydrogen-bond acceptors (Lipinski definition) is 1. The molecule has 0 radical (unpaired) electrons. The van der Waals surface area contributed by atoms with Crippen molar-refractivity contribution in [3.05, 3.63) is 11.6 Å². The fraction of sp³-hybridized carbons (Fsp3) is 0.750. The van der Waals surface area contributed by atoms with Crippen LogP contribution in [0.1, 0.15) is 52.9 Å². The first kappa shape index (κ1) is 13.2. The van der Waals surface area contributed by atoms with Gasteiger partial charge in [-0.2, -0.15) is 0 Å². The van der Waals surface area contributed by atoms with Gasteiger partial charge in [0.2, 0.25) is 0 Å². The van der Waals surface area contributed by atoms with E-state index in [2.05, 4.69) is 26.8 Å². The molecular formula is C12H22O2. The van der Waals surface area contributed by atoms with Crippen molar-refractivity contribution in [2.45, 2.75) is 52.9 Å². The van der Waals surface area contributed by atoms with Gasteiger partial charge in [-0.3, -0.25) is 4.79 Å². The maximum Gasteiger partial charge on any atom is 0.303 e. The van der Waals surface area contributed by atoms with Crippen LogP contribution < -0.4 is 0 Å². The Bertz CT molecular complexity index is 192. The molecule has 0 fully saturated rings. The van der Waals surface area contributed by atoms with Crippen molar-refractivity contribution in [3.8, 4) is 0 Å². The molecule has 82 valence electrons. The predicted octanol–water partition coefficient (Wildman–Crippen LogP) is 3.62. The Balaban J connectivity index is 3.51. The van der Waals surface area contributed by atoms with Gasteiger partial charge in [0.1, 0.15) is 0 Å². The Morgan fingerprint density at radius 1 is 1.36 bits per heavy atom. The monoisotopic (exact) mass is 198 g/mol. The smallest absolute Gasteiger partial charge is 0.303 e. The van der Waals surface area contributed by atoms with Gasteiger partial charge in [-0.1, -0.05) is 31.9 Å². The van der Waals surface area contributed by atoms with Crippen molar-refractivity contribution in [2.75, 3.05) is 0 Å². The van der Waals surface area contributed by atoms with Crippen LogP contribution in [0.2, 0.25) is 0 Å². The van der Waals surface area contributed by atoms with E-state index in [1.807, 2.05) is 0 Å². The van der Waals surface area contributed by atoms with Gasteiger partial charge >= 0.3 is 5.97 Å². The Morgan fingerprint density at radius 2 is 2.00 bits per heavy atom. The Kier molecular flexibility index (Phi) is 7.17. The van der Waals surface area contributed by atoms with Crippen LogP contribution >= 0.6 is 0 Å². The van der Waals surface area contributed by atoms with Crippen molar-refractivity contribution in [2.24, 2.45) is 5.92 Å². The van der Waals surface area contributed by atoms with Gasteiger partial charge in [0, 0.05) is 6.42 Å². The van der Waals surface area contributed by atoms with Crippen LogP contribution in [-0.2, 0) is 4.79 Å². The number of carboxylic acid groups (broad SMARTS) is 1. The number of hydrogen-bond donors (Lipinski definition) is 1. The molecule has 0 aromatic heterocycles. The summed E-state index contributed by atoms with van der Waals surface area (Å²) < 4.78 is 0. The highest BCUT2D eigenvalue weighted by atomic mass is 16.4.